The van der Waals surface area contributed by atoms with Crippen LogP contribution in [0.4, 0.5) is 0 Å². The summed E-state index contributed by atoms with van der Waals surface area (Å²) in [6.07, 6.45) is -0.403. The molecule has 6 nitrogen and oxygen atoms in total. The number of carbonyl (C=O) groups excluding carboxylic acids is 1. The van der Waals surface area contributed by atoms with Crippen molar-refractivity contribution in [3.63, 3.8) is 0 Å². The molecule has 0 saturated carbocycles. The number of hydrogen-bond acceptors (Lipinski definition) is 5. The van der Waals surface area contributed by atoms with Crippen LogP contribution in [-0.4, -0.2) is 62.6 Å². The second-order valence-electron chi connectivity index (χ2n) is 6.18. The predicted molar refractivity (Wildman–Crippen MR) is 85.3 cm³/mol. The predicted octanol–water partition coefficient (Wildman–Crippen LogP) is 0.707. The van der Waals surface area contributed by atoms with Crippen LogP contribution in [0.25, 0.3) is 0 Å². The summed E-state index contributed by atoms with van der Waals surface area (Å²) in [6.45, 7) is 4.68. The molecule has 0 radical (unpaired) electrons. The van der Waals surface area contributed by atoms with Crippen LogP contribution in [0.15, 0.2) is 18.2 Å². The zero-order valence-electron chi connectivity index (χ0n) is 13.3. The number of rotatable bonds is 3. The largest absolute Gasteiger partial charge is 0.484 e. The van der Waals surface area contributed by atoms with Gasteiger partial charge in [0, 0.05) is 6.54 Å². The smallest absolute Gasteiger partial charge is 0.260 e. The number of morpholine rings is 1. The fourth-order valence-electron chi connectivity index (χ4n) is 3.06. The number of amides is 1. The maximum Gasteiger partial charge on any atom is 0.260 e. The average Bonchev–Trinajstić information content (AvgIpc) is 2.81. The topological polar surface area (TPSA) is 72.9 Å². The molecule has 2 unspecified atom stereocenters. The standard InChI is InChI=1S/C16H21NO5S/c1-11-3-4-13(7-12(11)2)22-8-16(18)17-5-6-21-15-10-23(19,20)9-14(15)17/h3-4,7,14-15H,5-6,8-10H2,1-2H3. The molecule has 2 atom stereocenters. The Labute approximate surface area is 136 Å². The summed E-state index contributed by atoms with van der Waals surface area (Å²) < 4.78 is 34.6. The third-order valence-corrected chi connectivity index (χ3v) is 6.18. The average molecular weight is 339 g/mol. The van der Waals surface area contributed by atoms with Crippen molar-refractivity contribution in [3.05, 3.63) is 29.3 Å². The highest BCUT2D eigenvalue weighted by Gasteiger charge is 2.45. The minimum absolute atomic E-state index is 0.000535. The lowest BCUT2D eigenvalue weighted by atomic mass is 10.1. The minimum Gasteiger partial charge on any atom is -0.484 e. The fraction of sp³-hybridized carbons (Fsp3) is 0.562. The fourth-order valence-corrected chi connectivity index (χ4v) is 4.93. The summed E-state index contributed by atoms with van der Waals surface area (Å²) in [5.74, 6) is 0.427. The third kappa shape index (κ3) is 3.50. The van der Waals surface area contributed by atoms with E-state index in [9.17, 15) is 13.2 Å². The van der Waals surface area contributed by atoms with Gasteiger partial charge in [0.25, 0.3) is 5.91 Å². The van der Waals surface area contributed by atoms with Gasteiger partial charge in [0.1, 0.15) is 5.75 Å². The third-order valence-electron chi connectivity index (χ3n) is 4.50. The van der Waals surface area contributed by atoms with E-state index in [0.717, 1.165) is 11.1 Å². The number of fused-ring (bicyclic) bond motifs is 1. The zero-order chi connectivity index (χ0) is 16.6. The van der Waals surface area contributed by atoms with Crippen LogP contribution in [0.3, 0.4) is 0 Å². The van der Waals surface area contributed by atoms with E-state index in [2.05, 4.69) is 0 Å². The van der Waals surface area contributed by atoms with E-state index in [4.69, 9.17) is 9.47 Å². The Morgan fingerprint density at radius 1 is 1.30 bits per heavy atom. The molecule has 126 valence electrons. The molecule has 2 fully saturated rings. The number of sulfone groups is 1. The molecule has 2 aliphatic rings. The molecule has 0 spiro atoms. The van der Waals surface area contributed by atoms with Crippen LogP contribution >= 0.6 is 0 Å². The Hall–Kier alpha value is -1.60. The van der Waals surface area contributed by atoms with Crippen molar-refractivity contribution >= 4 is 15.7 Å². The van der Waals surface area contributed by atoms with Crippen molar-refractivity contribution in [1.82, 2.24) is 4.90 Å². The molecule has 1 amide bonds. The lowest BCUT2D eigenvalue weighted by molar-refractivity contribution is -0.144. The monoisotopic (exact) mass is 339 g/mol. The summed E-state index contributed by atoms with van der Waals surface area (Å²) in [5.41, 5.74) is 2.26. The van der Waals surface area contributed by atoms with Gasteiger partial charge in [-0.15, -0.1) is 0 Å². The number of benzene rings is 1. The summed E-state index contributed by atoms with van der Waals surface area (Å²) >= 11 is 0. The molecular weight excluding hydrogens is 318 g/mol. The molecule has 0 aliphatic carbocycles. The molecule has 1 aromatic carbocycles. The van der Waals surface area contributed by atoms with Crippen molar-refractivity contribution < 1.29 is 22.7 Å². The normalized spacial score (nSPS) is 25.9. The van der Waals surface area contributed by atoms with Gasteiger partial charge in [-0.25, -0.2) is 8.42 Å². The van der Waals surface area contributed by atoms with Crippen molar-refractivity contribution in [3.8, 4) is 5.75 Å². The highest BCUT2D eigenvalue weighted by molar-refractivity contribution is 7.91. The Balaban J connectivity index is 1.64. The molecule has 23 heavy (non-hydrogen) atoms. The Bertz CT molecular complexity index is 715. The first-order valence-corrected chi connectivity index (χ1v) is 9.49. The molecule has 0 aromatic heterocycles. The van der Waals surface area contributed by atoms with E-state index >= 15 is 0 Å². The summed E-state index contributed by atoms with van der Waals surface area (Å²) in [6, 6.07) is 5.29. The summed E-state index contributed by atoms with van der Waals surface area (Å²) in [5, 5.41) is 0. The number of nitrogens with zero attached hydrogens (tertiary/aromatic N) is 1. The van der Waals surface area contributed by atoms with Crippen molar-refractivity contribution in [2.75, 3.05) is 31.3 Å². The second-order valence-corrected chi connectivity index (χ2v) is 8.33. The van der Waals surface area contributed by atoms with E-state index in [1.54, 1.807) is 4.90 Å². The van der Waals surface area contributed by atoms with Crippen LogP contribution in [-0.2, 0) is 19.4 Å². The number of ether oxygens (including phenoxy) is 2. The zero-order valence-corrected chi connectivity index (χ0v) is 14.1. The lowest BCUT2D eigenvalue weighted by Gasteiger charge is -2.36. The Morgan fingerprint density at radius 2 is 2.09 bits per heavy atom. The SMILES string of the molecule is Cc1ccc(OCC(=O)N2CCOC3CS(=O)(=O)CC32)cc1C. The van der Waals surface area contributed by atoms with E-state index in [0.29, 0.717) is 18.9 Å². The van der Waals surface area contributed by atoms with Gasteiger partial charge in [0.15, 0.2) is 16.4 Å². The van der Waals surface area contributed by atoms with Gasteiger partial charge < -0.3 is 14.4 Å². The van der Waals surface area contributed by atoms with E-state index in [-0.39, 0.29) is 30.1 Å². The van der Waals surface area contributed by atoms with E-state index < -0.39 is 15.9 Å². The maximum absolute atomic E-state index is 12.4. The van der Waals surface area contributed by atoms with Crippen LogP contribution in [0.2, 0.25) is 0 Å². The Morgan fingerprint density at radius 3 is 2.83 bits per heavy atom. The molecule has 2 saturated heterocycles. The second kappa shape index (κ2) is 6.13. The summed E-state index contributed by atoms with van der Waals surface area (Å²) in [4.78, 5) is 14.0. The van der Waals surface area contributed by atoms with Gasteiger partial charge in [-0.1, -0.05) is 6.07 Å². The number of aryl methyl sites for hydroxylation is 2. The first-order valence-electron chi connectivity index (χ1n) is 7.67. The van der Waals surface area contributed by atoms with Gasteiger partial charge in [-0.3, -0.25) is 4.79 Å². The van der Waals surface area contributed by atoms with Gasteiger partial charge in [0.05, 0.1) is 30.3 Å². The highest BCUT2D eigenvalue weighted by Crippen LogP contribution is 2.25. The van der Waals surface area contributed by atoms with Crippen LogP contribution < -0.4 is 4.74 Å². The first-order chi connectivity index (χ1) is 10.9. The molecule has 0 N–H and O–H groups in total. The van der Waals surface area contributed by atoms with Gasteiger partial charge in [-0.05, 0) is 37.1 Å². The Kier molecular flexibility index (Phi) is 4.33. The molecule has 3 rings (SSSR count). The quantitative estimate of drug-likeness (QED) is 0.811. The van der Waals surface area contributed by atoms with Crippen molar-refractivity contribution in [1.29, 1.82) is 0 Å². The van der Waals surface area contributed by atoms with Crippen molar-refractivity contribution in [2.45, 2.75) is 26.0 Å². The maximum atomic E-state index is 12.4. The molecule has 1 aromatic rings. The molecule has 7 heteroatoms. The van der Waals surface area contributed by atoms with Crippen LogP contribution in [0.5, 0.6) is 5.75 Å². The lowest BCUT2D eigenvalue weighted by Crippen LogP contribution is -2.54. The van der Waals surface area contributed by atoms with Gasteiger partial charge >= 0.3 is 0 Å². The van der Waals surface area contributed by atoms with Crippen LogP contribution in [0, 0.1) is 13.8 Å². The molecule has 0 bridgehead atoms. The van der Waals surface area contributed by atoms with E-state index in [1.165, 1.54) is 0 Å². The molecule has 2 heterocycles. The molecule has 2 aliphatic heterocycles. The van der Waals surface area contributed by atoms with Gasteiger partial charge in [0.2, 0.25) is 0 Å². The van der Waals surface area contributed by atoms with E-state index in [1.807, 2.05) is 32.0 Å². The number of carbonyl (C=O) groups is 1. The first kappa shape index (κ1) is 16.3. The van der Waals surface area contributed by atoms with Crippen molar-refractivity contribution in [2.24, 2.45) is 0 Å². The van der Waals surface area contributed by atoms with Crippen LogP contribution in [0.1, 0.15) is 11.1 Å². The molecular formula is C16H21NO5S. The highest BCUT2D eigenvalue weighted by atomic mass is 32.2. The summed E-state index contributed by atoms with van der Waals surface area (Å²) in [7, 11) is -3.13. The minimum atomic E-state index is -3.13. The number of hydrogen-bond donors (Lipinski definition) is 0. The van der Waals surface area contributed by atoms with Gasteiger partial charge in [-0.2, -0.15) is 0 Å².